The van der Waals surface area contributed by atoms with Crippen LogP contribution >= 0.6 is 11.6 Å². The van der Waals surface area contributed by atoms with E-state index in [-0.39, 0.29) is 6.42 Å². The molecule has 2 N–H and O–H groups in total. The first-order valence-corrected chi connectivity index (χ1v) is 5.65. The molecule has 3 aromatic rings. The molecule has 0 spiro atoms. The van der Waals surface area contributed by atoms with Gasteiger partial charge in [0.25, 0.3) is 0 Å². The number of rotatable bonds is 3. The van der Waals surface area contributed by atoms with E-state index in [9.17, 15) is 4.79 Å². The van der Waals surface area contributed by atoms with Crippen LogP contribution in [0.2, 0.25) is 5.02 Å². The Hall–Kier alpha value is -2.48. The molecule has 3 heterocycles. The first-order chi connectivity index (χ1) is 9.16. The summed E-state index contributed by atoms with van der Waals surface area (Å²) in [6.07, 6.45) is 1.32. The molecule has 96 valence electrons. The Labute approximate surface area is 111 Å². The second-order valence-corrected chi connectivity index (χ2v) is 4.18. The normalized spacial score (nSPS) is 11.0. The maximum Gasteiger partial charge on any atom is 0.309 e. The van der Waals surface area contributed by atoms with Crippen molar-refractivity contribution in [2.45, 2.75) is 6.42 Å². The number of hydrogen-bond donors (Lipinski definition) is 2. The van der Waals surface area contributed by atoms with E-state index in [0.717, 1.165) is 0 Å². The highest BCUT2D eigenvalue weighted by atomic mass is 35.5. The molecule has 0 amide bonds. The van der Waals surface area contributed by atoms with Gasteiger partial charge in [0.2, 0.25) is 5.82 Å². The summed E-state index contributed by atoms with van der Waals surface area (Å²) in [5.41, 5.74) is 1.52. The van der Waals surface area contributed by atoms with Gasteiger partial charge in [-0.2, -0.15) is 5.21 Å². The molecular weight excluding hydrogens is 272 g/mol. The summed E-state index contributed by atoms with van der Waals surface area (Å²) in [5.74, 6) is -0.663. The number of carboxylic acid groups (broad SMARTS) is 1. The van der Waals surface area contributed by atoms with Crippen molar-refractivity contribution in [2.24, 2.45) is 0 Å². The molecule has 3 rings (SSSR count). The van der Waals surface area contributed by atoms with Gasteiger partial charge < -0.3 is 5.11 Å². The zero-order valence-electron chi connectivity index (χ0n) is 9.41. The maximum atomic E-state index is 10.9. The van der Waals surface area contributed by atoms with E-state index in [0.29, 0.717) is 27.9 Å². The topological polar surface area (TPSA) is 109 Å². The van der Waals surface area contributed by atoms with Gasteiger partial charge in [-0.25, -0.2) is 4.98 Å². The fourth-order valence-corrected chi connectivity index (χ4v) is 2.07. The number of nitrogens with one attached hydrogen (secondary N) is 1. The van der Waals surface area contributed by atoms with Crippen LogP contribution in [0.25, 0.3) is 17.2 Å². The van der Waals surface area contributed by atoms with Crippen molar-refractivity contribution in [2.75, 3.05) is 0 Å². The van der Waals surface area contributed by atoms with Crippen molar-refractivity contribution >= 4 is 23.2 Å². The fraction of sp³-hybridized carbons (Fsp3) is 0.100. The van der Waals surface area contributed by atoms with Gasteiger partial charge in [0.05, 0.1) is 23.3 Å². The number of aromatic nitrogens is 6. The lowest BCUT2D eigenvalue weighted by Gasteiger charge is -2.07. The molecule has 0 saturated heterocycles. The highest BCUT2D eigenvalue weighted by molar-refractivity contribution is 6.31. The van der Waals surface area contributed by atoms with Gasteiger partial charge in [0.15, 0.2) is 0 Å². The van der Waals surface area contributed by atoms with Crippen LogP contribution in [0.4, 0.5) is 0 Å². The molecule has 0 aliphatic rings. The lowest BCUT2D eigenvalue weighted by molar-refractivity contribution is -0.136. The van der Waals surface area contributed by atoms with Crippen LogP contribution in [0.5, 0.6) is 0 Å². The molecule has 0 saturated carbocycles. The SMILES string of the molecule is O=C(O)Cc1c(Cl)ccc2ncc(-c3nn[nH]n3)n12. The van der Waals surface area contributed by atoms with E-state index in [1.54, 1.807) is 22.7 Å². The van der Waals surface area contributed by atoms with Crippen LogP contribution in [0, 0.1) is 0 Å². The number of tetrazole rings is 1. The standard InChI is InChI=1S/C10H7ClN6O2/c11-5-1-2-8-12-4-7(10-13-15-16-14-10)17(8)6(5)3-9(18)19/h1-2,4H,3H2,(H,18,19)(H,13,14,15,16). The Kier molecular flexibility index (Phi) is 2.64. The monoisotopic (exact) mass is 278 g/mol. The predicted octanol–water partition coefficient (Wildman–Crippen LogP) is 0.795. The molecule has 0 aliphatic heterocycles. The summed E-state index contributed by atoms with van der Waals surface area (Å²) in [6, 6.07) is 3.30. The van der Waals surface area contributed by atoms with Crippen LogP contribution in [-0.2, 0) is 11.2 Å². The zero-order chi connectivity index (χ0) is 13.4. The van der Waals surface area contributed by atoms with Gasteiger partial charge in [-0.1, -0.05) is 11.6 Å². The lowest BCUT2D eigenvalue weighted by Crippen LogP contribution is -2.07. The van der Waals surface area contributed by atoms with E-state index in [2.05, 4.69) is 25.6 Å². The van der Waals surface area contributed by atoms with E-state index in [1.807, 2.05) is 0 Å². The molecule has 0 fully saturated rings. The molecule has 0 unspecified atom stereocenters. The van der Waals surface area contributed by atoms with Crippen molar-refractivity contribution in [1.29, 1.82) is 0 Å². The number of fused-ring (bicyclic) bond motifs is 1. The number of H-pyrrole nitrogens is 1. The number of imidazole rings is 1. The van der Waals surface area contributed by atoms with Crippen molar-refractivity contribution in [3.63, 3.8) is 0 Å². The molecule has 0 aliphatic carbocycles. The minimum atomic E-state index is -0.984. The van der Waals surface area contributed by atoms with Crippen LogP contribution < -0.4 is 0 Å². The predicted molar refractivity (Wildman–Crippen MR) is 64.7 cm³/mol. The van der Waals surface area contributed by atoms with Gasteiger partial charge >= 0.3 is 5.97 Å². The molecule has 0 bridgehead atoms. The summed E-state index contributed by atoms with van der Waals surface area (Å²) in [7, 11) is 0. The van der Waals surface area contributed by atoms with E-state index >= 15 is 0 Å². The second-order valence-electron chi connectivity index (χ2n) is 3.77. The van der Waals surface area contributed by atoms with Crippen LogP contribution in [0.15, 0.2) is 18.3 Å². The quantitative estimate of drug-likeness (QED) is 0.733. The maximum absolute atomic E-state index is 10.9. The van der Waals surface area contributed by atoms with Crippen molar-refractivity contribution < 1.29 is 9.90 Å². The van der Waals surface area contributed by atoms with Crippen LogP contribution in [-0.4, -0.2) is 41.1 Å². The molecule has 9 heteroatoms. The number of hydrogen-bond acceptors (Lipinski definition) is 5. The molecule has 3 aromatic heterocycles. The zero-order valence-corrected chi connectivity index (χ0v) is 10.2. The number of aromatic amines is 1. The number of carbonyl (C=O) groups is 1. The first kappa shape index (κ1) is 11.6. The third-order valence-corrected chi connectivity index (χ3v) is 2.95. The smallest absolute Gasteiger partial charge is 0.309 e. The Morgan fingerprint density at radius 3 is 3.00 bits per heavy atom. The van der Waals surface area contributed by atoms with E-state index in [1.165, 1.54) is 0 Å². The van der Waals surface area contributed by atoms with E-state index < -0.39 is 5.97 Å². The number of aliphatic carboxylic acids is 1. The van der Waals surface area contributed by atoms with Crippen molar-refractivity contribution in [3.8, 4) is 11.5 Å². The van der Waals surface area contributed by atoms with Gasteiger partial charge in [0, 0.05) is 0 Å². The number of nitrogens with zero attached hydrogens (tertiary/aromatic N) is 5. The Morgan fingerprint density at radius 1 is 1.47 bits per heavy atom. The van der Waals surface area contributed by atoms with Gasteiger partial charge in [-0.05, 0) is 17.3 Å². The van der Waals surface area contributed by atoms with Crippen LogP contribution in [0.3, 0.4) is 0 Å². The number of halogens is 1. The number of pyridine rings is 1. The average molecular weight is 279 g/mol. The molecule has 19 heavy (non-hydrogen) atoms. The largest absolute Gasteiger partial charge is 0.481 e. The summed E-state index contributed by atoms with van der Waals surface area (Å²) in [5, 5.41) is 22.8. The molecule has 8 nitrogen and oxygen atoms in total. The second kappa shape index (κ2) is 4.32. The summed E-state index contributed by atoms with van der Waals surface area (Å²) in [6.45, 7) is 0. The molecule has 0 atom stereocenters. The molecule has 0 aromatic carbocycles. The minimum absolute atomic E-state index is 0.225. The lowest BCUT2D eigenvalue weighted by atomic mass is 10.2. The average Bonchev–Trinajstić information content (AvgIpc) is 3.00. The van der Waals surface area contributed by atoms with Crippen molar-refractivity contribution in [1.82, 2.24) is 30.0 Å². The highest BCUT2D eigenvalue weighted by Gasteiger charge is 2.17. The highest BCUT2D eigenvalue weighted by Crippen LogP contribution is 2.24. The summed E-state index contributed by atoms with van der Waals surface area (Å²) < 4.78 is 1.61. The summed E-state index contributed by atoms with van der Waals surface area (Å²) >= 11 is 6.06. The molecular formula is C10H7ClN6O2. The van der Waals surface area contributed by atoms with Crippen molar-refractivity contribution in [3.05, 3.63) is 29.0 Å². The number of carboxylic acids is 1. The van der Waals surface area contributed by atoms with Gasteiger partial charge in [-0.3, -0.25) is 9.20 Å². The Balaban J connectivity index is 2.30. The first-order valence-electron chi connectivity index (χ1n) is 5.27. The third-order valence-electron chi connectivity index (χ3n) is 2.61. The van der Waals surface area contributed by atoms with Gasteiger partial charge in [0.1, 0.15) is 11.3 Å². The van der Waals surface area contributed by atoms with Gasteiger partial charge in [-0.15, -0.1) is 10.2 Å². The Morgan fingerprint density at radius 2 is 2.32 bits per heavy atom. The van der Waals surface area contributed by atoms with E-state index in [4.69, 9.17) is 16.7 Å². The summed E-state index contributed by atoms with van der Waals surface area (Å²) in [4.78, 5) is 15.1. The molecule has 0 radical (unpaired) electrons. The van der Waals surface area contributed by atoms with Crippen LogP contribution in [0.1, 0.15) is 5.69 Å². The fourth-order valence-electron chi connectivity index (χ4n) is 1.85. The third kappa shape index (κ3) is 1.91. The Bertz CT molecular complexity index is 751. The minimum Gasteiger partial charge on any atom is -0.481 e.